The first kappa shape index (κ1) is 9.56. The highest BCUT2D eigenvalue weighted by molar-refractivity contribution is 5.85. The SMILES string of the molecule is C[C@H]1C[C@H](N)c2ccccc21.Cl. The zero-order valence-electron chi connectivity index (χ0n) is 7.16. The van der Waals surface area contributed by atoms with Crippen molar-refractivity contribution in [3.05, 3.63) is 35.4 Å². The van der Waals surface area contributed by atoms with Gasteiger partial charge in [0.15, 0.2) is 0 Å². The number of hydrogen-bond donors (Lipinski definition) is 1. The van der Waals surface area contributed by atoms with Crippen LogP contribution in [0.1, 0.15) is 36.4 Å². The molecule has 0 heterocycles. The fourth-order valence-corrected chi connectivity index (χ4v) is 1.93. The van der Waals surface area contributed by atoms with Gasteiger partial charge in [0.2, 0.25) is 0 Å². The maximum Gasteiger partial charge on any atom is 0.0303 e. The average molecular weight is 184 g/mol. The van der Waals surface area contributed by atoms with Crippen molar-refractivity contribution in [1.82, 2.24) is 0 Å². The summed E-state index contributed by atoms with van der Waals surface area (Å²) in [4.78, 5) is 0. The fourth-order valence-electron chi connectivity index (χ4n) is 1.93. The van der Waals surface area contributed by atoms with Gasteiger partial charge in [0.25, 0.3) is 0 Å². The lowest BCUT2D eigenvalue weighted by molar-refractivity contribution is 0.640. The lowest BCUT2D eigenvalue weighted by Gasteiger charge is -2.02. The average Bonchev–Trinajstić information content (AvgIpc) is 2.30. The first-order valence-corrected chi connectivity index (χ1v) is 4.13. The topological polar surface area (TPSA) is 26.0 Å². The molecular formula is C10H14ClN. The summed E-state index contributed by atoms with van der Waals surface area (Å²) in [5.41, 5.74) is 8.73. The lowest BCUT2D eigenvalue weighted by Crippen LogP contribution is -2.04. The Morgan fingerprint density at radius 3 is 2.42 bits per heavy atom. The molecule has 0 spiro atoms. The van der Waals surface area contributed by atoms with Gasteiger partial charge in [0.05, 0.1) is 0 Å². The first-order valence-electron chi connectivity index (χ1n) is 4.13. The number of hydrogen-bond acceptors (Lipinski definition) is 1. The van der Waals surface area contributed by atoms with E-state index < -0.39 is 0 Å². The fraction of sp³-hybridized carbons (Fsp3) is 0.400. The maximum atomic E-state index is 5.94. The van der Waals surface area contributed by atoms with E-state index >= 15 is 0 Å². The molecule has 1 aromatic carbocycles. The first-order chi connectivity index (χ1) is 5.29. The van der Waals surface area contributed by atoms with Crippen LogP contribution in [-0.4, -0.2) is 0 Å². The maximum absolute atomic E-state index is 5.94. The molecule has 0 aliphatic heterocycles. The van der Waals surface area contributed by atoms with Crippen LogP contribution in [0.25, 0.3) is 0 Å². The van der Waals surface area contributed by atoms with E-state index in [-0.39, 0.29) is 18.4 Å². The minimum Gasteiger partial charge on any atom is -0.324 e. The van der Waals surface area contributed by atoms with Gasteiger partial charge < -0.3 is 5.73 Å². The lowest BCUT2D eigenvalue weighted by atomic mass is 10.0. The van der Waals surface area contributed by atoms with Crippen molar-refractivity contribution >= 4 is 12.4 Å². The van der Waals surface area contributed by atoms with E-state index in [1.807, 2.05) is 0 Å². The predicted molar refractivity (Wildman–Crippen MR) is 53.7 cm³/mol. The second kappa shape index (κ2) is 3.46. The Morgan fingerprint density at radius 2 is 1.83 bits per heavy atom. The van der Waals surface area contributed by atoms with Crippen LogP contribution in [0.15, 0.2) is 24.3 Å². The molecule has 0 bridgehead atoms. The van der Waals surface area contributed by atoms with Crippen molar-refractivity contribution < 1.29 is 0 Å². The van der Waals surface area contributed by atoms with Crippen LogP contribution in [0.2, 0.25) is 0 Å². The molecule has 2 heteroatoms. The van der Waals surface area contributed by atoms with Crippen molar-refractivity contribution in [2.75, 3.05) is 0 Å². The van der Waals surface area contributed by atoms with Crippen LogP contribution in [0.4, 0.5) is 0 Å². The predicted octanol–water partition coefficient (Wildman–Crippen LogP) is 2.62. The molecule has 2 atom stereocenters. The van der Waals surface area contributed by atoms with Crippen LogP contribution in [0.5, 0.6) is 0 Å². The quantitative estimate of drug-likeness (QED) is 0.658. The molecule has 66 valence electrons. The van der Waals surface area contributed by atoms with Crippen LogP contribution >= 0.6 is 12.4 Å². The van der Waals surface area contributed by atoms with Gasteiger partial charge in [-0.1, -0.05) is 31.2 Å². The summed E-state index contributed by atoms with van der Waals surface area (Å²) in [5.74, 6) is 0.654. The highest BCUT2D eigenvalue weighted by Gasteiger charge is 2.24. The third-order valence-corrected chi connectivity index (χ3v) is 2.53. The summed E-state index contributed by atoms with van der Waals surface area (Å²) in [6.45, 7) is 2.24. The molecule has 2 rings (SSSR count). The summed E-state index contributed by atoms with van der Waals surface area (Å²) < 4.78 is 0. The van der Waals surface area contributed by atoms with E-state index in [9.17, 15) is 0 Å². The van der Waals surface area contributed by atoms with Crippen LogP contribution < -0.4 is 5.73 Å². The minimum atomic E-state index is 0. The van der Waals surface area contributed by atoms with Gasteiger partial charge in [-0.15, -0.1) is 12.4 Å². The third kappa shape index (κ3) is 1.35. The van der Waals surface area contributed by atoms with Crippen LogP contribution in [0.3, 0.4) is 0 Å². The van der Waals surface area contributed by atoms with Gasteiger partial charge in [-0.25, -0.2) is 0 Å². The van der Waals surface area contributed by atoms with Crippen molar-refractivity contribution in [2.45, 2.75) is 25.3 Å². The van der Waals surface area contributed by atoms with E-state index in [2.05, 4.69) is 31.2 Å². The Labute approximate surface area is 79.4 Å². The normalized spacial score (nSPS) is 26.2. The zero-order chi connectivity index (χ0) is 7.84. The second-order valence-corrected chi connectivity index (χ2v) is 3.37. The number of benzene rings is 1. The van der Waals surface area contributed by atoms with Crippen LogP contribution in [-0.2, 0) is 0 Å². The van der Waals surface area contributed by atoms with Gasteiger partial charge in [-0.2, -0.15) is 0 Å². The summed E-state index contributed by atoms with van der Waals surface area (Å²) in [5, 5.41) is 0. The number of fused-ring (bicyclic) bond motifs is 1. The Bertz CT molecular complexity index is 245. The molecule has 0 amide bonds. The largest absolute Gasteiger partial charge is 0.324 e. The summed E-state index contributed by atoms with van der Waals surface area (Å²) in [6.07, 6.45) is 1.11. The third-order valence-electron chi connectivity index (χ3n) is 2.53. The number of halogens is 1. The molecule has 1 nitrogen and oxygen atoms in total. The molecule has 2 N–H and O–H groups in total. The Balaban J connectivity index is 0.000000720. The van der Waals surface area contributed by atoms with Crippen molar-refractivity contribution in [1.29, 1.82) is 0 Å². The molecule has 0 aromatic heterocycles. The van der Waals surface area contributed by atoms with Gasteiger partial charge >= 0.3 is 0 Å². The minimum absolute atomic E-state index is 0. The van der Waals surface area contributed by atoms with E-state index in [1.54, 1.807) is 0 Å². The molecule has 0 unspecified atom stereocenters. The monoisotopic (exact) mass is 183 g/mol. The molecule has 0 fully saturated rings. The van der Waals surface area contributed by atoms with E-state index in [0.717, 1.165) is 6.42 Å². The zero-order valence-corrected chi connectivity index (χ0v) is 7.97. The Morgan fingerprint density at radius 1 is 1.25 bits per heavy atom. The van der Waals surface area contributed by atoms with Crippen LogP contribution in [0, 0.1) is 0 Å². The van der Waals surface area contributed by atoms with E-state index in [1.165, 1.54) is 11.1 Å². The highest BCUT2D eigenvalue weighted by atomic mass is 35.5. The van der Waals surface area contributed by atoms with Gasteiger partial charge in [-0.3, -0.25) is 0 Å². The molecule has 0 saturated heterocycles. The molecule has 0 radical (unpaired) electrons. The number of rotatable bonds is 0. The van der Waals surface area contributed by atoms with E-state index in [0.29, 0.717) is 5.92 Å². The molecule has 1 aliphatic rings. The van der Waals surface area contributed by atoms with Gasteiger partial charge in [0, 0.05) is 6.04 Å². The Kier molecular flexibility index (Phi) is 2.76. The van der Waals surface area contributed by atoms with Crippen molar-refractivity contribution in [2.24, 2.45) is 5.73 Å². The van der Waals surface area contributed by atoms with E-state index in [4.69, 9.17) is 5.73 Å². The molecular weight excluding hydrogens is 170 g/mol. The molecule has 1 aliphatic carbocycles. The number of nitrogens with two attached hydrogens (primary N) is 1. The van der Waals surface area contributed by atoms with Gasteiger partial charge in [-0.05, 0) is 23.5 Å². The Hall–Kier alpha value is -0.530. The summed E-state index contributed by atoms with van der Waals surface area (Å²) in [7, 11) is 0. The molecule has 12 heavy (non-hydrogen) atoms. The smallest absolute Gasteiger partial charge is 0.0303 e. The molecule has 1 aromatic rings. The van der Waals surface area contributed by atoms with Crippen molar-refractivity contribution in [3.8, 4) is 0 Å². The molecule has 0 saturated carbocycles. The van der Waals surface area contributed by atoms with Crippen molar-refractivity contribution in [3.63, 3.8) is 0 Å². The summed E-state index contributed by atoms with van der Waals surface area (Å²) >= 11 is 0. The summed E-state index contributed by atoms with van der Waals surface area (Å²) in [6, 6.07) is 8.77. The second-order valence-electron chi connectivity index (χ2n) is 3.37. The standard InChI is InChI=1S/C10H13N.ClH/c1-7-6-10(11)9-5-3-2-4-8(7)9;/h2-5,7,10H,6,11H2,1H3;1H/t7-,10-;/m0./s1. The highest BCUT2D eigenvalue weighted by Crippen LogP contribution is 2.37. The van der Waals surface area contributed by atoms with Gasteiger partial charge in [0.1, 0.15) is 0 Å².